The zero-order chi connectivity index (χ0) is 22.1. The first-order valence-corrected chi connectivity index (χ1v) is 9.08. The van der Waals surface area contributed by atoms with Gasteiger partial charge in [0.25, 0.3) is 5.91 Å². The molecule has 1 aromatic heterocycles. The highest BCUT2D eigenvalue weighted by atomic mass is 16.5. The van der Waals surface area contributed by atoms with Gasteiger partial charge in [0.1, 0.15) is 11.5 Å². The van der Waals surface area contributed by atoms with Crippen LogP contribution < -0.4 is 9.47 Å². The van der Waals surface area contributed by atoms with Crippen LogP contribution in [-0.4, -0.2) is 78.3 Å². The van der Waals surface area contributed by atoms with E-state index in [1.807, 2.05) is 23.1 Å². The quantitative estimate of drug-likeness (QED) is 0.690. The molecule has 0 saturated carbocycles. The van der Waals surface area contributed by atoms with Crippen LogP contribution in [0.15, 0.2) is 41.0 Å². The summed E-state index contributed by atoms with van der Waals surface area (Å²) < 4.78 is 15.9. The molecule has 1 aliphatic heterocycles. The minimum atomic E-state index is -1.82. The summed E-state index contributed by atoms with van der Waals surface area (Å²) in [5, 5.41) is 14.8. The summed E-state index contributed by atoms with van der Waals surface area (Å²) in [6.07, 6.45) is 1.53. The van der Waals surface area contributed by atoms with E-state index < -0.39 is 11.9 Å². The number of benzene rings is 1. The molecule has 1 amide bonds. The molecule has 2 heterocycles. The lowest BCUT2D eigenvalue weighted by Gasteiger charge is -2.34. The van der Waals surface area contributed by atoms with Gasteiger partial charge in [-0.2, -0.15) is 0 Å². The van der Waals surface area contributed by atoms with Gasteiger partial charge in [-0.05, 0) is 18.2 Å². The predicted octanol–water partition coefficient (Wildman–Crippen LogP) is 1.41. The number of carbonyl (C=O) groups excluding carboxylic acids is 1. The van der Waals surface area contributed by atoms with Gasteiger partial charge in [-0.15, -0.1) is 0 Å². The number of piperazine rings is 1. The smallest absolute Gasteiger partial charge is 0.414 e. The fourth-order valence-corrected chi connectivity index (χ4v) is 2.89. The number of hydrogen-bond donors (Lipinski definition) is 2. The van der Waals surface area contributed by atoms with Gasteiger partial charge < -0.3 is 29.0 Å². The second kappa shape index (κ2) is 10.9. The molecule has 1 saturated heterocycles. The van der Waals surface area contributed by atoms with E-state index in [1.165, 1.54) is 6.26 Å². The third kappa shape index (κ3) is 6.24. The highest BCUT2D eigenvalue weighted by Gasteiger charge is 2.24. The molecular weight excluding hydrogens is 396 g/mol. The Balaban J connectivity index is 0.000000469. The van der Waals surface area contributed by atoms with Crippen LogP contribution in [0.3, 0.4) is 0 Å². The second-order valence-corrected chi connectivity index (χ2v) is 6.33. The SMILES string of the molecule is COc1ccc(CN2CCN(C(=O)c3ccco3)CC2)c(OC)c1.O=C(O)C(=O)O. The molecule has 162 valence electrons. The van der Waals surface area contributed by atoms with Crippen LogP contribution >= 0.6 is 0 Å². The molecule has 1 aliphatic rings. The summed E-state index contributed by atoms with van der Waals surface area (Å²) in [6.45, 7) is 3.81. The molecule has 0 unspecified atom stereocenters. The molecule has 3 rings (SSSR count). The lowest BCUT2D eigenvalue weighted by Crippen LogP contribution is -2.48. The Morgan fingerprint density at radius 3 is 2.17 bits per heavy atom. The lowest BCUT2D eigenvalue weighted by atomic mass is 10.1. The minimum Gasteiger partial charge on any atom is -0.497 e. The summed E-state index contributed by atoms with van der Waals surface area (Å²) in [7, 11) is 3.31. The van der Waals surface area contributed by atoms with Crippen molar-refractivity contribution in [2.24, 2.45) is 0 Å². The van der Waals surface area contributed by atoms with Crippen molar-refractivity contribution >= 4 is 17.8 Å². The molecule has 0 atom stereocenters. The Bertz CT molecular complexity index is 846. The number of carbonyl (C=O) groups is 3. The van der Waals surface area contributed by atoms with Crippen LogP contribution in [-0.2, 0) is 16.1 Å². The molecule has 2 N–H and O–H groups in total. The van der Waals surface area contributed by atoms with Crippen molar-refractivity contribution in [3.05, 3.63) is 47.9 Å². The number of ether oxygens (including phenoxy) is 2. The standard InChI is InChI=1S/C18H22N2O4.C2H2O4/c1-22-15-6-5-14(17(12-15)23-2)13-19-7-9-20(10-8-19)18(21)16-4-3-11-24-16;3-1(4)2(5)6/h3-6,11-12H,7-10,13H2,1-2H3;(H,3,4)(H,5,6). The fraction of sp³-hybridized carbons (Fsp3) is 0.350. The second-order valence-electron chi connectivity index (χ2n) is 6.33. The largest absolute Gasteiger partial charge is 0.497 e. The van der Waals surface area contributed by atoms with Crippen molar-refractivity contribution < 1.29 is 38.5 Å². The highest BCUT2D eigenvalue weighted by molar-refractivity contribution is 6.27. The molecule has 1 aromatic carbocycles. The van der Waals surface area contributed by atoms with Gasteiger partial charge in [0.2, 0.25) is 0 Å². The van der Waals surface area contributed by atoms with E-state index in [0.717, 1.165) is 36.7 Å². The van der Waals surface area contributed by atoms with Crippen LogP contribution in [0, 0.1) is 0 Å². The maximum absolute atomic E-state index is 12.3. The van der Waals surface area contributed by atoms with Crippen LogP contribution in [0.4, 0.5) is 0 Å². The van der Waals surface area contributed by atoms with E-state index in [9.17, 15) is 4.79 Å². The van der Waals surface area contributed by atoms with Gasteiger partial charge in [-0.25, -0.2) is 9.59 Å². The van der Waals surface area contributed by atoms with Crippen molar-refractivity contribution in [1.29, 1.82) is 0 Å². The van der Waals surface area contributed by atoms with Crippen LogP contribution in [0.25, 0.3) is 0 Å². The molecule has 2 aromatic rings. The summed E-state index contributed by atoms with van der Waals surface area (Å²) in [4.78, 5) is 34.6. The Kier molecular flexibility index (Phi) is 8.24. The summed E-state index contributed by atoms with van der Waals surface area (Å²) >= 11 is 0. The fourth-order valence-electron chi connectivity index (χ4n) is 2.89. The van der Waals surface area contributed by atoms with Crippen LogP contribution in [0.2, 0.25) is 0 Å². The van der Waals surface area contributed by atoms with Gasteiger partial charge in [0.15, 0.2) is 5.76 Å². The summed E-state index contributed by atoms with van der Waals surface area (Å²) in [6, 6.07) is 9.30. The topological polar surface area (TPSA) is 130 Å². The Morgan fingerprint density at radius 2 is 1.67 bits per heavy atom. The lowest BCUT2D eigenvalue weighted by molar-refractivity contribution is -0.159. The molecule has 0 aliphatic carbocycles. The Hall–Kier alpha value is -3.53. The van der Waals surface area contributed by atoms with Crippen molar-refractivity contribution in [3.8, 4) is 11.5 Å². The number of carboxylic acids is 2. The van der Waals surface area contributed by atoms with Gasteiger partial charge in [-0.3, -0.25) is 9.69 Å². The zero-order valence-electron chi connectivity index (χ0n) is 16.7. The number of carboxylic acid groups (broad SMARTS) is 2. The number of amides is 1. The van der Waals surface area contributed by atoms with Crippen molar-refractivity contribution in [2.45, 2.75) is 6.54 Å². The normalized spacial score (nSPS) is 13.7. The zero-order valence-corrected chi connectivity index (χ0v) is 16.7. The summed E-state index contributed by atoms with van der Waals surface area (Å²) in [5.41, 5.74) is 1.11. The van der Waals surface area contributed by atoms with Crippen LogP contribution in [0.5, 0.6) is 11.5 Å². The van der Waals surface area contributed by atoms with Gasteiger partial charge >= 0.3 is 11.9 Å². The van der Waals surface area contributed by atoms with E-state index in [2.05, 4.69) is 4.90 Å². The first-order chi connectivity index (χ1) is 14.3. The maximum Gasteiger partial charge on any atom is 0.414 e. The third-order valence-corrected chi connectivity index (χ3v) is 4.46. The Labute approximate surface area is 173 Å². The third-order valence-electron chi connectivity index (χ3n) is 4.46. The monoisotopic (exact) mass is 420 g/mol. The number of aliphatic carboxylic acids is 2. The number of hydrogen-bond acceptors (Lipinski definition) is 7. The molecular formula is C20H24N2O8. The number of rotatable bonds is 5. The first-order valence-electron chi connectivity index (χ1n) is 9.08. The average molecular weight is 420 g/mol. The summed E-state index contributed by atoms with van der Waals surface area (Å²) in [5.74, 6) is -1.68. The van der Waals surface area contributed by atoms with Crippen molar-refractivity contribution in [3.63, 3.8) is 0 Å². The van der Waals surface area contributed by atoms with E-state index in [0.29, 0.717) is 18.8 Å². The van der Waals surface area contributed by atoms with Crippen molar-refractivity contribution in [2.75, 3.05) is 40.4 Å². The number of nitrogens with zero attached hydrogens (tertiary/aromatic N) is 2. The van der Waals surface area contributed by atoms with E-state index in [1.54, 1.807) is 26.4 Å². The van der Waals surface area contributed by atoms with Crippen molar-refractivity contribution in [1.82, 2.24) is 9.80 Å². The minimum absolute atomic E-state index is 0.0401. The van der Waals surface area contributed by atoms with E-state index >= 15 is 0 Å². The van der Waals surface area contributed by atoms with Crippen LogP contribution in [0.1, 0.15) is 16.1 Å². The van der Waals surface area contributed by atoms with E-state index in [-0.39, 0.29) is 5.91 Å². The number of methoxy groups -OCH3 is 2. The van der Waals surface area contributed by atoms with E-state index in [4.69, 9.17) is 33.7 Å². The van der Waals surface area contributed by atoms with Gasteiger partial charge in [0.05, 0.1) is 20.5 Å². The molecule has 30 heavy (non-hydrogen) atoms. The predicted molar refractivity (Wildman–Crippen MR) is 105 cm³/mol. The molecule has 1 fully saturated rings. The Morgan fingerprint density at radius 1 is 1.00 bits per heavy atom. The molecule has 0 radical (unpaired) electrons. The van der Waals surface area contributed by atoms with Gasteiger partial charge in [-0.1, -0.05) is 6.07 Å². The molecule has 10 heteroatoms. The maximum atomic E-state index is 12.3. The first kappa shape index (κ1) is 22.8. The molecule has 10 nitrogen and oxygen atoms in total. The molecule has 0 spiro atoms. The molecule has 0 bridgehead atoms. The number of furan rings is 1. The van der Waals surface area contributed by atoms with Gasteiger partial charge in [0, 0.05) is 44.4 Å². The average Bonchev–Trinajstić information content (AvgIpc) is 3.29. The highest BCUT2D eigenvalue weighted by Crippen LogP contribution is 2.26.